The van der Waals surface area contributed by atoms with Gasteiger partial charge in [0.1, 0.15) is 0 Å². The SMILES string of the molecule is Nc1ccc(S(=O)[O-])cc1.[CH]1=NC(OCCN2CCCCC2)=[CH][In]1. The fourth-order valence-electron chi connectivity index (χ4n) is 2.41. The van der Waals surface area contributed by atoms with Crippen molar-refractivity contribution in [2.75, 3.05) is 32.0 Å². The van der Waals surface area contributed by atoms with Crippen molar-refractivity contribution in [3.63, 3.8) is 0 Å². The zero-order valence-electron chi connectivity index (χ0n) is 13.6. The summed E-state index contributed by atoms with van der Waals surface area (Å²) in [7, 11) is 0. The van der Waals surface area contributed by atoms with Crippen molar-refractivity contribution in [1.82, 2.24) is 4.90 Å². The van der Waals surface area contributed by atoms with Crippen molar-refractivity contribution < 1.29 is 13.5 Å². The Hall–Kier alpha value is -0.830. The molecule has 6 nitrogen and oxygen atoms in total. The van der Waals surface area contributed by atoms with Crippen LogP contribution in [0, 0.1) is 0 Å². The second kappa shape index (κ2) is 10.9. The first-order chi connectivity index (χ1) is 11.6. The Morgan fingerprint density at radius 1 is 1.25 bits per heavy atom. The Labute approximate surface area is 156 Å². The van der Waals surface area contributed by atoms with Gasteiger partial charge in [-0.2, -0.15) is 0 Å². The zero-order chi connectivity index (χ0) is 17.2. The molecule has 1 unspecified atom stereocenters. The summed E-state index contributed by atoms with van der Waals surface area (Å²) in [6.07, 6.45) is 4.12. The number of hydrogen-bond acceptors (Lipinski definition) is 6. The number of aliphatic imine (C=N–C) groups is 1. The fraction of sp³-hybridized carbons (Fsp3) is 0.438. The summed E-state index contributed by atoms with van der Waals surface area (Å²) in [5, 5.41) is 0. The summed E-state index contributed by atoms with van der Waals surface area (Å²) in [4.78, 5) is 6.95. The number of ether oxygens (including phenoxy) is 1. The van der Waals surface area contributed by atoms with Crippen LogP contribution in [-0.2, 0) is 15.8 Å². The van der Waals surface area contributed by atoms with E-state index in [1.54, 1.807) is 12.1 Å². The third-order valence-electron chi connectivity index (χ3n) is 3.71. The molecule has 0 aliphatic carbocycles. The number of nitrogens with zero attached hydrogens (tertiary/aromatic N) is 2. The average molecular weight is 451 g/mol. The van der Waals surface area contributed by atoms with Gasteiger partial charge in [-0.25, -0.2) is 0 Å². The van der Waals surface area contributed by atoms with E-state index in [9.17, 15) is 8.76 Å². The number of nitrogens with two attached hydrogens (primary N) is 1. The van der Waals surface area contributed by atoms with Crippen LogP contribution < -0.4 is 5.73 Å². The molecule has 0 bridgehead atoms. The first kappa shape index (κ1) is 19.5. The maximum atomic E-state index is 10.3. The van der Waals surface area contributed by atoms with Gasteiger partial charge in [0.05, 0.1) is 0 Å². The van der Waals surface area contributed by atoms with Gasteiger partial charge in [0.25, 0.3) is 0 Å². The van der Waals surface area contributed by atoms with Gasteiger partial charge < -0.3 is 10.3 Å². The molecule has 0 aromatic heterocycles. The van der Waals surface area contributed by atoms with Crippen LogP contribution in [0.5, 0.6) is 0 Å². The average Bonchev–Trinajstić information content (AvgIpc) is 3.10. The maximum absolute atomic E-state index is 10.3. The normalized spacial score (nSPS) is 18.1. The van der Waals surface area contributed by atoms with E-state index < -0.39 is 34.0 Å². The first-order valence-electron chi connectivity index (χ1n) is 8.03. The van der Waals surface area contributed by atoms with Crippen molar-refractivity contribution in [2.45, 2.75) is 24.2 Å². The van der Waals surface area contributed by atoms with Crippen LogP contribution in [0.4, 0.5) is 5.69 Å². The van der Waals surface area contributed by atoms with E-state index in [4.69, 9.17) is 10.5 Å². The van der Waals surface area contributed by atoms with Crippen LogP contribution in [0.1, 0.15) is 19.3 Å². The van der Waals surface area contributed by atoms with Crippen LogP contribution in [0.3, 0.4) is 0 Å². The van der Waals surface area contributed by atoms with Gasteiger partial charge in [-0.1, -0.05) is 0 Å². The van der Waals surface area contributed by atoms with Crippen LogP contribution in [-0.4, -0.2) is 66.8 Å². The summed E-state index contributed by atoms with van der Waals surface area (Å²) < 4.78 is 30.4. The van der Waals surface area contributed by atoms with E-state index in [2.05, 4.69) is 17.7 Å². The van der Waals surface area contributed by atoms with Gasteiger partial charge in [0, 0.05) is 10.6 Å². The molecule has 1 radical (unpaired) electrons. The molecule has 2 aliphatic heterocycles. The monoisotopic (exact) mass is 451 g/mol. The molecule has 2 aliphatic rings. The molecule has 0 spiro atoms. The van der Waals surface area contributed by atoms with Gasteiger partial charge in [0.2, 0.25) is 0 Å². The molecular weight excluding hydrogens is 429 g/mol. The molecule has 2 N–H and O–H groups in total. The number of rotatable bonds is 5. The van der Waals surface area contributed by atoms with E-state index in [0.717, 1.165) is 19.0 Å². The topological polar surface area (TPSA) is 91.0 Å². The Balaban J connectivity index is 0.000000185. The number of anilines is 1. The number of likely N-dealkylation sites (tertiary alicyclic amines) is 1. The number of benzene rings is 1. The summed E-state index contributed by atoms with van der Waals surface area (Å²) in [6.45, 7) is 4.39. The Morgan fingerprint density at radius 3 is 2.54 bits per heavy atom. The van der Waals surface area contributed by atoms with Gasteiger partial charge in [-0.05, 0) is 35.3 Å². The Bertz CT molecular complexity index is 587. The molecule has 0 saturated carbocycles. The summed E-state index contributed by atoms with van der Waals surface area (Å²) >= 11 is -2.69. The molecule has 8 heteroatoms. The fourth-order valence-corrected chi connectivity index (χ4v) is 4.67. The van der Waals surface area contributed by atoms with Crippen molar-refractivity contribution in [3.05, 3.63) is 34.0 Å². The number of piperidine rings is 1. The zero-order valence-corrected chi connectivity index (χ0v) is 17.7. The van der Waals surface area contributed by atoms with Crippen molar-refractivity contribution in [3.8, 4) is 0 Å². The minimum atomic E-state index is -2.14. The van der Waals surface area contributed by atoms with E-state index in [1.807, 2.05) is 0 Å². The number of hydrogen-bond donors (Lipinski definition) is 1. The predicted octanol–water partition coefficient (Wildman–Crippen LogP) is 1.54. The predicted molar refractivity (Wildman–Crippen MR) is 96.6 cm³/mol. The molecule has 1 atom stereocenters. The molecule has 24 heavy (non-hydrogen) atoms. The van der Waals surface area contributed by atoms with E-state index in [0.29, 0.717) is 5.69 Å². The summed E-state index contributed by atoms with van der Waals surface area (Å²) in [6, 6.07) is 6.01. The van der Waals surface area contributed by atoms with E-state index in [1.165, 1.54) is 44.5 Å². The molecule has 1 fully saturated rings. The van der Waals surface area contributed by atoms with Crippen molar-refractivity contribution >= 4 is 43.6 Å². The summed E-state index contributed by atoms with van der Waals surface area (Å²) in [5.74, 6) is 0.892. The molecule has 3 rings (SSSR count). The van der Waals surface area contributed by atoms with Crippen LogP contribution in [0.2, 0.25) is 0 Å². The molecule has 0 amide bonds. The summed E-state index contributed by atoms with van der Waals surface area (Å²) in [5.41, 5.74) is 5.89. The van der Waals surface area contributed by atoms with Crippen LogP contribution in [0.25, 0.3) is 0 Å². The Kier molecular flexibility index (Phi) is 8.87. The molecular formula is C16H22InN3O3S-. The quantitative estimate of drug-likeness (QED) is 0.542. The molecule has 1 aromatic carbocycles. The first-order valence-corrected chi connectivity index (χ1v) is 12.9. The number of nitrogen functional groups attached to an aromatic ring is 1. The minimum absolute atomic E-state index is 0.259. The van der Waals surface area contributed by atoms with Crippen LogP contribution in [0.15, 0.2) is 43.9 Å². The second-order valence-electron chi connectivity index (χ2n) is 5.53. The third kappa shape index (κ3) is 7.38. The van der Waals surface area contributed by atoms with E-state index >= 15 is 0 Å². The molecule has 1 aromatic rings. The Morgan fingerprint density at radius 2 is 1.96 bits per heavy atom. The van der Waals surface area contributed by atoms with Gasteiger partial charge in [-0.15, -0.1) is 0 Å². The van der Waals surface area contributed by atoms with E-state index in [-0.39, 0.29) is 4.90 Å². The van der Waals surface area contributed by atoms with Gasteiger partial charge >= 0.3 is 96.7 Å². The molecule has 2 heterocycles. The standard InChI is InChI=1S/C10H16N2O.C6H7NO2S.In/c1-10(11-2)13-9-8-12-6-4-3-5-7-12;7-5-1-3-6(4-2-5)10(8)9;/h1-2H,3-9H2;1-4H,7H2,(H,8,9);/p-1. The van der Waals surface area contributed by atoms with Crippen molar-refractivity contribution in [2.24, 2.45) is 4.99 Å². The second-order valence-corrected chi connectivity index (χ2v) is 9.37. The van der Waals surface area contributed by atoms with Crippen molar-refractivity contribution in [1.29, 1.82) is 0 Å². The third-order valence-corrected chi connectivity index (χ3v) is 6.64. The molecule has 1 saturated heterocycles. The van der Waals surface area contributed by atoms with Crippen LogP contribution >= 0.6 is 0 Å². The van der Waals surface area contributed by atoms with Gasteiger partial charge in [0.15, 0.2) is 0 Å². The van der Waals surface area contributed by atoms with Gasteiger partial charge in [-0.3, -0.25) is 4.21 Å². The molecule has 129 valence electrons.